The molecule has 0 aliphatic carbocycles. The van der Waals surface area contributed by atoms with Crippen LogP contribution in [0.25, 0.3) is 10.9 Å². The lowest BCUT2D eigenvalue weighted by atomic mass is 9.88. The fourth-order valence-electron chi connectivity index (χ4n) is 2.91. The SMILES string of the molecule is COc1ccc2[nH]cc(C(O)C3CCNCC3)c2c1. The van der Waals surface area contributed by atoms with E-state index in [1.807, 2.05) is 24.4 Å². The minimum absolute atomic E-state index is 0.339. The Balaban J connectivity index is 1.94. The molecule has 0 saturated carbocycles. The zero-order chi connectivity index (χ0) is 13.2. The van der Waals surface area contributed by atoms with E-state index >= 15 is 0 Å². The van der Waals surface area contributed by atoms with Gasteiger partial charge in [-0.2, -0.15) is 0 Å². The van der Waals surface area contributed by atoms with Crippen LogP contribution < -0.4 is 10.1 Å². The molecule has 0 spiro atoms. The largest absolute Gasteiger partial charge is 0.497 e. The van der Waals surface area contributed by atoms with Crippen molar-refractivity contribution in [1.29, 1.82) is 0 Å². The van der Waals surface area contributed by atoms with E-state index in [1.54, 1.807) is 7.11 Å². The van der Waals surface area contributed by atoms with Crippen molar-refractivity contribution >= 4 is 10.9 Å². The maximum absolute atomic E-state index is 10.6. The molecule has 1 aliphatic heterocycles. The van der Waals surface area contributed by atoms with Crippen LogP contribution in [0.2, 0.25) is 0 Å². The van der Waals surface area contributed by atoms with Gasteiger partial charge in [-0.1, -0.05) is 0 Å². The third-order valence-electron chi connectivity index (χ3n) is 4.07. The number of aromatic nitrogens is 1. The predicted molar refractivity (Wildman–Crippen MR) is 75.4 cm³/mol. The molecule has 0 radical (unpaired) electrons. The molecule has 19 heavy (non-hydrogen) atoms. The number of aliphatic hydroxyl groups excluding tert-OH is 1. The molecule has 2 aromatic rings. The summed E-state index contributed by atoms with van der Waals surface area (Å²) in [4.78, 5) is 3.23. The zero-order valence-electron chi connectivity index (χ0n) is 11.1. The van der Waals surface area contributed by atoms with E-state index < -0.39 is 6.10 Å². The Morgan fingerprint density at radius 1 is 1.32 bits per heavy atom. The highest BCUT2D eigenvalue weighted by Gasteiger charge is 2.25. The van der Waals surface area contributed by atoms with E-state index in [1.165, 1.54) is 0 Å². The Bertz CT molecular complexity index is 558. The summed E-state index contributed by atoms with van der Waals surface area (Å²) < 4.78 is 5.27. The van der Waals surface area contributed by atoms with Crippen LogP contribution in [-0.2, 0) is 0 Å². The van der Waals surface area contributed by atoms with Gasteiger partial charge in [0.1, 0.15) is 5.75 Å². The van der Waals surface area contributed by atoms with Crippen molar-refractivity contribution in [3.8, 4) is 5.75 Å². The summed E-state index contributed by atoms with van der Waals surface area (Å²) in [6.07, 6.45) is 3.58. The zero-order valence-corrected chi connectivity index (χ0v) is 11.1. The van der Waals surface area contributed by atoms with Gasteiger partial charge in [0.2, 0.25) is 0 Å². The molecule has 4 heteroatoms. The van der Waals surface area contributed by atoms with Crippen molar-refractivity contribution in [2.24, 2.45) is 5.92 Å². The summed E-state index contributed by atoms with van der Waals surface area (Å²) in [7, 11) is 1.66. The number of piperidine rings is 1. The lowest BCUT2D eigenvalue weighted by Gasteiger charge is -2.27. The standard InChI is InChI=1S/C15H20N2O2/c1-19-11-2-3-14-12(8-11)13(9-17-14)15(18)10-4-6-16-7-5-10/h2-3,8-10,15-18H,4-7H2,1H3. The molecule has 0 amide bonds. The second-order valence-electron chi connectivity index (χ2n) is 5.19. The first-order chi connectivity index (χ1) is 9.29. The first kappa shape index (κ1) is 12.5. The molecule has 1 unspecified atom stereocenters. The highest BCUT2D eigenvalue weighted by molar-refractivity contribution is 5.85. The summed E-state index contributed by atoms with van der Waals surface area (Å²) in [6, 6.07) is 5.91. The molecule has 3 rings (SSSR count). The van der Waals surface area contributed by atoms with Gasteiger partial charge in [-0.05, 0) is 50.0 Å². The number of benzene rings is 1. The van der Waals surface area contributed by atoms with Gasteiger partial charge in [0, 0.05) is 22.7 Å². The molecule has 1 atom stereocenters. The summed E-state index contributed by atoms with van der Waals surface area (Å²) >= 11 is 0. The number of rotatable bonds is 3. The number of fused-ring (bicyclic) bond motifs is 1. The third-order valence-corrected chi connectivity index (χ3v) is 4.07. The van der Waals surface area contributed by atoms with Gasteiger partial charge in [0.15, 0.2) is 0 Å². The highest BCUT2D eigenvalue weighted by atomic mass is 16.5. The first-order valence-corrected chi connectivity index (χ1v) is 6.83. The number of hydrogen-bond acceptors (Lipinski definition) is 3. The Hall–Kier alpha value is -1.52. The van der Waals surface area contributed by atoms with Crippen molar-refractivity contribution in [2.45, 2.75) is 18.9 Å². The second kappa shape index (κ2) is 5.23. The van der Waals surface area contributed by atoms with Crippen molar-refractivity contribution < 1.29 is 9.84 Å². The summed E-state index contributed by atoms with van der Waals surface area (Å²) in [5, 5.41) is 15.0. The number of methoxy groups -OCH3 is 1. The monoisotopic (exact) mass is 260 g/mol. The molecule has 1 aliphatic rings. The van der Waals surface area contributed by atoms with Gasteiger partial charge in [0.05, 0.1) is 13.2 Å². The lowest BCUT2D eigenvalue weighted by molar-refractivity contribution is 0.0902. The molecule has 1 aromatic heterocycles. The minimum Gasteiger partial charge on any atom is -0.497 e. The molecule has 3 N–H and O–H groups in total. The topological polar surface area (TPSA) is 57.3 Å². The maximum atomic E-state index is 10.6. The quantitative estimate of drug-likeness (QED) is 0.793. The first-order valence-electron chi connectivity index (χ1n) is 6.83. The van der Waals surface area contributed by atoms with E-state index in [4.69, 9.17) is 4.74 Å². The van der Waals surface area contributed by atoms with Gasteiger partial charge < -0.3 is 20.1 Å². The van der Waals surface area contributed by atoms with Crippen molar-refractivity contribution in [2.75, 3.05) is 20.2 Å². The molecule has 1 aromatic carbocycles. The van der Waals surface area contributed by atoms with Crippen molar-refractivity contribution in [1.82, 2.24) is 10.3 Å². The maximum Gasteiger partial charge on any atom is 0.119 e. The normalized spacial score (nSPS) is 18.6. The lowest BCUT2D eigenvalue weighted by Crippen LogP contribution is -2.30. The molecule has 102 valence electrons. The number of aliphatic hydroxyl groups is 1. The predicted octanol–water partition coefficient (Wildman–Crippen LogP) is 2.21. The molecule has 1 saturated heterocycles. The van der Waals surface area contributed by atoms with Gasteiger partial charge in [-0.25, -0.2) is 0 Å². The highest BCUT2D eigenvalue weighted by Crippen LogP contribution is 2.34. The van der Waals surface area contributed by atoms with Crippen LogP contribution in [0.5, 0.6) is 5.75 Å². The van der Waals surface area contributed by atoms with Gasteiger partial charge in [-0.15, -0.1) is 0 Å². The smallest absolute Gasteiger partial charge is 0.119 e. The van der Waals surface area contributed by atoms with Crippen molar-refractivity contribution in [3.05, 3.63) is 30.0 Å². The molecule has 2 heterocycles. The molecular weight excluding hydrogens is 240 g/mol. The second-order valence-corrected chi connectivity index (χ2v) is 5.19. The number of H-pyrrole nitrogens is 1. The van der Waals surface area contributed by atoms with E-state index in [-0.39, 0.29) is 0 Å². The number of ether oxygens (including phenoxy) is 1. The van der Waals surface area contributed by atoms with Gasteiger partial charge in [0.25, 0.3) is 0 Å². The average Bonchev–Trinajstić information content (AvgIpc) is 2.90. The Kier molecular flexibility index (Phi) is 3.44. The van der Waals surface area contributed by atoms with Gasteiger partial charge in [-0.3, -0.25) is 0 Å². The summed E-state index contributed by atoms with van der Waals surface area (Å²) in [5.41, 5.74) is 2.03. The van der Waals surface area contributed by atoms with Crippen LogP contribution in [0.4, 0.5) is 0 Å². The summed E-state index contributed by atoms with van der Waals surface area (Å²) in [5.74, 6) is 1.16. The third kappa shape index (κ3) is 2.33. The van der Waals surface area contributed by atoms with Crippen LogP contribution >= 0.6 is 0 Å². The molecule has 1 fully saturated rings. The van der Waals surface area contributed by atoms with Crippen LogP contribution in [0, 0.1) is 5.92 Å². The van der Waals surface area contributed by atoms with Crippen LogP contribution in [-0.4, -0.2) is 30.3 Å². The Morgan fingerprint density at radius 2 is 2.11 bits per heavy atom. The number of nitrogens with one attached hydrogen (secondary N) is 2. The fraction of sp³-hybridized carbons (Fsp3) is 0.467. The van der Waals surface area contributed by atoms with Crippen LogP contribution in [0.15, 0.2) is 24.4 Å². The van der Waals surface area contributed by atoms with Crippen molar-refractivity contribution in [3.63, 3.8) is 0 Å². The minimum atomic E-state index is -0.400. The van der Waals surface area contributed by atoms with Crippen LogP contribution in [0.1, 0.15) is 24.5 Å². The van der Waals surface area contributed by atoms with Gasteiger partial charge >= 0.3 is 0 Å². The molecule has 4 nitrogen and oxygen atoms in total. The van der Waals surface area contributed by atoms with E-state index in [2.05, 4.69) is 10.3 Å². The van der Waals surface area contributed by atoms with E-state index in [0.29, 0.717) is 5.92 Å². The summed E-state index contributed by atoms with van der Waals surface area (Å²) in [6.45, 7) is 1.99. The number of hydrogen-bond donors (Lipinski definition) is 3. The van der Waals surface area contributed by atoms with E-state index in [0.717, 1.165) is 48.1 Å². The average molecular weight is 260 g/mol. The van der Waals surface area contributed by atoms with E-state index in [9.17, 15) is 5.11 Å². The molecule has 0 bridgehead atoms. The Labute approximate surface area is 112 Å². The molecular formula is C15H20N2O2. The Morgan fingerprint density at radius 3 is 2.84 bits per heavy atom. The number of aromatic amines is 1. The fourth-order valence-corrected chi connectivity index (χ4v) is 2.91. The van der Waals surface area contributed by atoms with Crippen LogP contribution in [0.3, 0.4) is 0 Å².